The largest absolute Gasteiger partial charge is 0.317 e. The van der Waals surface area contributed by atoms with Gasteiger partial charge in [0.1, 0.15) is 0 Å². The Morgan fingerprint density at radius 1 is 0.833 bits per heavy atom. The Kier molecular flexibility index (Phi) is 7.11. The van der Waals surface area contributed by atoms with Crippen LogP contribution in [0.25, 0.3) is 0 Å². The SMILES string of the molecule is C1CCC(CCCNCCCN2CCCC2)CC1. The summed E-state index contributed by atoms with van der Waals surface area (Å²) in [6, 6.07) is 0. The lowest BCUT2D eigenvalue weighted by Crippen LogP contribution is -2.25. The topological polar surface area (TPSA) is 15.3 Å². The Hall–Kier alpha value is -0.0800. The fraction of sp³-hybridized carbons (Fsp3) is 1.00. The van der Waals surface area contributed by atoms with E-state index in [0.29, 0.717) is 0 Å². The van der Waals surface area contributed by atoms with Gasteiger partial charge in [-0.1, -0.05) is 32.1 Å². The van der Waals surface area contributed by atoms with Crippen molar-refractivity contribution in [3.8, 4) is 0 Å². The van der Waals surface area contributed by atoms with Gasteiger partial charge in [0.2, 0.25) is 0 Å². The zero-order chi connectivity index (χ0) is 12.5. The van der Waals surface area contributed by atoms with E-state index in [-0.39, 0.29) is 0 Å². The molecule has 1 heterocycles. The first-order chi connectivity index (χ1) is 8.95. The number of nitrogens with one attached hydrogen (secondary N) is 1. The predicted octanol–water partition coefficient (Wildman–Crippen LogP) is 3.42. The summed E-state index contributed by atoms with van der Waals surface area (Å²) in [5, 5.41) is 3.62. The number of hydrogen-bond donors (Lipinski definition) is 1. The van der Waals surface area contributed by atoms with Crippen LogP contribution in [0.2, 0.25) is 0 Å². The van der Waals surface area contributed by atoms with E-state index in [9.17, 15) is 0 Å². The highest BCUT2D eigenvalue weighted by Crippen LogP contribution is 2.26. The summed E-state index contributed by atoms with van der Waals surface area (Å²) >= 11 is 0. The molecule has 2 fully saturated rings. The van der Waals surface area contributed by atoms with Crippen LogP contribution in [0.4, 0.5) is 0 Å². The first-order valence-corrected chi connectivity index (χ1v) is 8.38. The van der Waals surface area contributed by atoms with Crippen molar-refractivity contribution >= 4 is 0 Å². The summed E-state index contributed by atoms with van der Waals surface area (Å²) < 4.78 is 0. The summed E-state index contributed by atoms with van der Waals surface area (Å²) in [4.78, 5) is 2.61. The molecule has 2 heteroatoms. The van der Waals surface area contributed by atoms with Gasteiger partial charge in [0, 0.05) is 0 Å². The van der Waals surface area contributed by atoms with E-state index in [1.807, 2.05) is 0 Å². The molecule has 0 amide bonds. The van der Waals surface area contributed by atoms with Gasteiger partial charge in [-0.25, -0.2) is 0 Å². The molecule has 0 bridgehead atoms. The average Bonchev–Trinajstić information content (AvgIpc) is 2.92. The molecule has 1 N–H and O–H groups in total. The molecule has 1 saturated heterocycles. The molecule has 0 aromatic heterocycles. The summed E-state index contributed by atoms with van der Waals surface area (Å²) in [5.41, 5.74) is 0. The van der Waals surface area contributed by atoms with Gasteiger partial charge in [0.15, 0.2) is 0 Å². The minimum absolute atomic E-state index is 1.06. The maximum absolute atomic E-state index is 3.62. The van der Waals surface area contributed by atoms with Gasteiger partial charge in [-0.2, -0.15) is 0 Å². The molecule has 0 atom stereocenters. The van der Waals surface area contributed by atoms with Crippen LogP contribution in [0.5, 0.6) is 0 Å². The molecule has 106 valence electrons. The molecule has 0 radical (unpaired) electrons. The Labute approximate surface area is 114 Å². The third-order valence-corrected chi connectivity index (χ3v) is 4.72. The van der Waals surface area contributed by atoms with Crippen LogP contribution in [0.15, 0.2) is 0 Å². The molecule has 1 aliphatic carbocycles. The van der Waals surface area contributed by atoms with Crippen molar-refractivity contribution < 1.29 is 0 Å². The lowest BCUT2D eigenvalue weighted by molar-refractivity contribution is 0.322. The minimum atomic E-state index is 1.06. The van der Waals surface area contributed by atoms with E-state index in [2.05, 4.69) is 10.2 Å². The van der Waals surface area contributed by atoms with Crippen molar-refractivity contribution in [2.75, 3.05) is 32.7 Å². The first-order valence-electron chi connectivity index (χ1n) is 8.38. The summed E-state index contributed by atoms with van der Waals surface area (Å²) in [6.45, 7) is 6.48. The lowest BCUT2D eigenvalue weighted by Gasteiger charge is -2.21. The van der Waals surface area contributed by atoms with Crippen LogP contribution in [0.1, 0.15) is 64.2 Å². The molecule has 1 aliphatic heterocycles. The molecule has 2 nitrogen and oxygen atoms in total. The summed E-state index contributed by atoms with van der Waals surface area (Å²) in [7, 11) is 0. The highest BCUT2D eigenvalue weighted by atomic mass is 15.1. The average molecular weight is 252 g/mol. The molecule has 1 saturated carbocycles. The van der Waals surface area contributed by atoms with Gasteiger partial charge in [-0.05, 0) is 70.7 Å². The van der Waals surface area contributed by atoms with Crippen molar-refractivity contribution in [3.05, 3.63) is 0 Å². The van der Waals surface area contributed by atoms with Crippen molar-refractivity contribution in [2.45, 2.75) is 64.2 Å². The van der Waals surface area contributed by atoms with Crippen molar-refractivity contribution in [2.24, 2.45) is 5.92 Å². The van der Waals surface area contributed by atoms with Crippen LogP contribution in [0.3, 0.4) is 0 Å². The first kappa shape index (κ1) is 14.3. The highest BCUT2D eigenvalue weighted by molar-refractivity contribution is 4.67. The maximum Gasteiger partial charge on any atom is -0.000664 e. The van der Waals surface area contributed by atoms with Crippen LogP contribution in [0, 0.1) is 5.92 Å². The number of hydrogen-bond acceptors (Lipinski definition) is 2. The predicted molar refractivity (Wildman–Crippen MR) is 79.0 cm³/mol. The van der Waals surface area contributed by atoms with E-state index in [1.54, 1.807) is 0 Å². The normalized spacial score (nSPS) is 22.7. The van der Waals surface area contributed by atoms with Gasteiger partial charge >= 0.3 is 0 Å². The van der Waals surface area contributed by atoms with E-state index in [0.717, 1.165) is 5.92 Å². The molecule has 2 aliphatic rings. The van der Waals surface area contributed by atoms with E-state index < -0.39 is 0 Å². The molecule has 0 aromatic rings. The molecule has 0 spiro atoms. The third-order valence-electron chi connectivity index (χ3n) is 4.72. The lowest BCUT2D eigenvalue weighted by atomic mass is 9.86. The molecule has 18 heavy (non-hydrogen) atoms. The second kappa shape index (κ2) is 8.92. The second-order valence-electron chi connectivity index (χ2n) is 6.30. The molecule has 0 unspecified atom stereocenters. The van der Waals surface area contributed by atoms with Crippen LogP contribution in [-0.4, -0.2) is 37.6 Å². The number of likely N-dealkylation sites (tertiary alicyclic amines) is 1. The second-order valence-corrected chi connectivity index (χ2v) is 6.30. The third kappa shape index (κ3) is 5.71. The highest BCUT2D eigenvalue weighted by Gasteiger charge is 2.12. The van der Waals surface area contributed by atoms with Crippen molar-refractivity contribution in [1.29, 1.82) is 0 Å². The molecule has 2 rings (SSSR count). The standard InChI is InChI=1S/C16H32N2/c1-2-8-16(9-3-1)10-6-11-17-12-7-15-18-13-4-5-14-18/h16-17H,1-15H2. The molecular formula is C16H32N2. The van der Waals surface area contributed by atoms with Gasteiger partial charge < -0.3 is 10.2 Å². The minimum Gasteiger partial charge on any atom is -0.317 e. The van der Waals surface area contributed by atoms with Crippen LogP contribution >= 0.6 is 0 Å². The fourth-order valence-electron chi connectivity index (χ4n) is 3.55. The Bertz CT molecular complexity index is 193. The van der Waals surface area contributed by atoms with Gasteiger partial charge in [0.25, 0.3) is 0 Å². The molecular weight excluding hydrogens is 220 g/mol. The maximum atomic E-state index is 3.62. The smallest absolute Gasteiger partial charge is 0.000664 e. The monoisotopic (exact) mass is 252 g/mol. The van der Waals surface area contributed by atoms with Gasteiger partial charge in [0.05, 0.1) is 0 Å². The number of nitrogens with zero attached hydrogens (tertiary/aromatic N) is 1. The van der Waals surface area contributed by atoms with E-state index in [4.69, 9.17) is 0 Å². The van der Waals surface area contributed by atoms with Crippen LogP contribution < -0.4 is 5.32 Å². The zero-order valence-corrected chi connectivity index (χ0v) is 12.1. The van der Waals surface area contributed by atoms with Crippen molar-refractivity contribution in [1.82, 2.24) is 10.2 Å². The zero-order valence-electron chi connectivity index (χ0n) is 12.1. The summed E-state index contributed by atoms with van der Waals surface area (Å²) in [5.74, 6) is 1.06. The molecule has 0 aromatic carbocycles. The quantitative estimate of drug-likeness (QED) is 0.666. The van der Waals surface area contributed by atoms with Crippen LogP contribution in [-0.2, 0) is 0 Å². The fourth-order valence-corrected chi connectivity index (χ4v) is 3.55. The Balaban J connectivity index is 1.35. The Morgan fingerprint density at radius 3 is 2.33 bits per heavy atom. The van der Waals surface area contributed by atoms with Gasteiger partial charge in [-0.3, -0.25) is 0 Å². The van der Waals surface area contributed by atoms with E-state index >= 15 is 0 Å². The Morgan fingerprint density at radius 2 is 1.56 bits per heavy atom. The van der Waals surface area contributed by atoms with Gasteiger partial charge in [-0.15, -0.1) is 0 Å². The summed E-state index contributed by atoms with van der Waals surface area (Å²) in [6.07, 6.45) is 14.6. The van der Waals surface area contributed by atoms with Crippen molar-refractivity contribution in [3.63, 3.8) is 0 Å². The number of rotatable bonds is 8. The van der Waals surface area contributed by atoms with E-state index in [1.165, 1.54) is 96.9 Å².